The number of ether oxygens (including phenoxy) is 2. The fourth-order valence-corrected chi connectivity index (χ4v) is 5.02. The van der Waals surface area contributed by atoms with Gasteiger partial charge < -0.3 is 14.8 Å². The summed E-state index contributed by atoms with van der Waals surface area (Å²) in [6, 6.07) is 22.2. The SMILES string of the molecule is C/C=C(\N[C@@H](C)[C@H](Oc1ccc2c(cnn2-c2ccc(F)cc2)c1)c1cccc(OC)c1)c1ccsc1. The predicted octanol–water partition coefficient (Wildman–Crippen LogP) is 7.39. The summed E-state index contributed by atoms with van der Waals surface area (Å²) < 4.78 is 27.3. The van der Waals surface area contributed by atoms with Crippen LogP contribution in [0.15, 0.2) is 95.8 Å². The molecule has 2 atom stereocenters. The molecule has 0 radical (unpaired) electrons. The summed E-state index contributed by atoms with van der Waals surface area (Å²) in [6.45, 7) is 4.14. The van der Waals surface area contributed by atoms with E-state index in [1.165, 1.54) is 12.1 Å². The Labute approximate surface area is 219 Å². The lowest BCUT2D eigenvalue weighted by atomic mass is 10.0. The number of benzene rings is 3. The van der Waals surface area contributed by atoms with Crippen LogP contribution in [0.25, 0.3) is 22.3 Å². The summed E-state index contributed by atoms with van der Waals surface area (Å²) >= 11 is 1.67. The number of rotatable bonds is 9. The molecule has 0 amide bonds. The maximum atomic E-state index is 13.4. The summed E-state index contributed by atoms with van der Waals surface area (Å²) in [4.78, 5) is 0. The number of methoxy groups -OCH3 is 1. The largest absolute Gasteiger partial charge is 0.497 e. The van der Waals surface area contributed by atoms with Gasteiger partial charge in [0.1, 0.15) is 23.4 Å². The van der Waals surface area contributed by atoms with Crippen molar-refractivity contribution in [3.8, 4) is 17.2 Å². The fourth-order valence-electron chi connectivity index (χ4n) is 4.37. The molecule has 2 heterocycles. The number of allylic oxidation sites excluding steroid dienone is 1. The van der Waals surface area contributed by atoms with Gasteiger partial charge in [-0.05, 0) is 90.8 Å². The van der Waals surface area contributed by atoms with Crippen LogP contribution in [0.5, 0.6) is 11.5 Å². The number of aromatic nitrogens is 2. The topological polar surface area (TPSA) is 48.3 Å². The second-order valence-corrected chi connectivity index (χ2v) is 9.50. The number of halogens is 1. The highest BCUT2D eigenvalue weighted by Crippen LogP contribution is 2.31. The maximum absolute atomic E-state index is 13.4. The number of nitrogens with one attached hydrogen (secondary N) is 1. The standard InChI is InChI=1S/C30H28FN3O2S/c1-4-28(22-14-15-37-19-22)33-20(2)30(21-6-5-7-26(16-21)35-3)36-27-12-13-29-23(17-27)18-32-34(29)25-10-8-24(31)9-11-25/h4-20,30,33H,1-3H3/b28-4-/t20-,30-/m0/s1. The summed E-state index contributed by atoms with van der Waals surface area (Å²) in [5.74, 6) is 1.23. The van der Waals surface area contributed by atoms with E-state index in [2.05, 4.69) is 46.3 Å². The Balaban J connectivity index is 1.46. The Morgan fingerprint density at radius 2 is 1.89 bits per heavy atom. The van der Waals surface area contributed by atoms with Crippen molar-refractivity contribution < 1.29 is 13.9 Å². The first-order valence-electron chi connectivity index (χ1n) is 12.1. The smallest absolute Gasteiger partial charge is 0.144 e. The molecule has 2 aromatic heterocycles. The zero-order chi connectivity index (χ0) is 25.8. The zero-order valence-corrected chi connectivity index (χ0v) is 21.7. The minimum Gasteiger partial charge on any atom is -0.497 e. The molecule has 5 aromatic rings. The van der Waals surface area contributed by atoms with Crippen LogP contribution in [-0.4, -0.2) is 22.9 Å². The highest BCUT2D eigenvalue weighted by Gasteiger charge is 2.23. The van der Waals surface area contributed by atoms with E-state index in [1.54, 1.807) is 41.5 Å². The molecule has 0 aliphatic carbocycles. The van der Waals surface area contributed by atoms with Crippen LogP contribution in [0.1, 0.15) is 31.1 Å². The van der Waals surface area contributed by atoms with E-state index in [1.807, 2.05) is 43.3 Å². The molecule has 0 fully saturated rings. The van der Waals surface area contributed by atoms with E-state index in [0.717, 1.165) is 44.9 Å². The normalized spacial score (nSPS) is 13.4. The molecule has 0 saturated carbocycles. The molecule has 0 aliphatic rings. The Kier molecular flexibility index (Phi) is 7.23. The first-order valence-corrected chi connectivity index (χ1v) is 13.0. The van der Waals surface area contributed by atoms with Crippen molar-refractivity contribution >= 4 is 27.9 Å². The third kappa shape index (κ3) is 5.37. The van der Waals surface area contributed by atoms with Gasteiger partial charge in [-0.2, -0.15) is 16.4 Å². The lowest BCUT2D eigenvalue weighted by molar-refractivity contribution is 0.170. The molecule has 0 saturated heterocycles. The van der Waals surface area contributed by atoms with Crippen molar-refractivity contribution in [2.75, 3.05) is 7.11 Å². The predicted molar refractivity (Wildman–Crippen MR) is 148 cm³/mol. The second-order valence-electron chi connectivity index (χ2n) is 8.72. The van der Waals surface area contributed by atoms with Gasteiger partial charge >= 0.3 is 0 Å². The molecule has 1 N–H and O–H groups in total. The third-order valence-electron chi connectivity index (χ3n) is 6.25. The average molecular weight is 514 g/mol. The second kappa shape index (κ2) is 10.9. The van der Waals surface area contributed by atoms with Gasteiger partial charge in [0.15, 0.2) is 0 Å². The van der Waals surface area contributed by atoms with Gasteiger partial charge in [0.2, 0.25) is 0 Å². The summed E-state index contributed by atoms with van der Waals surface area (Å²) in [6.07, 6.45) is 3.58. The molecule has 5 nitrogen and oxygen atoms in total. The van der Waals surface area contributed by atoms with Gasteiger partial charge in [-0.3, -0.25) is 0 Å². The third-order valence-corrected chi connectivity index (χ3v) is 6.94. The molecule has 0 aliphatic heterocycles. The van der Waals surface area contributed by atoms with E-state index in [0.29, 0.717) is 0 Å². The maximum Gasteiger partial charge on any atom is 0.144 e. The van der Waals surface area contributed by atoms with Gasteiger partial charge in [0, 0.05) is 16.6 Å². The van der Waals surface area contributed by atoms with Crippen LogP contribution in [-0.2, 0) is 0 Å². The summed E-state index contributed by atoms with van der Waals surface area (Å²) in [7, 11) is 1.66. The first-order chi connectivity index (χ1) is 18.1. The molecule has 37 heavy (non-hydrogen) atoms. The lowest BCUT2D eigenvalue weighted by Crippen LogP contribution is -2.34. The Bertz CT molecular complexity index is 1510. The van der Waals surface area contributed by atoms with E-state index >= 15 is 0 Å². The molecule has 3 aromatic carbocycles. The van der Waals surface area contributed by atoms with Crippen molar-refractivity contribution in [3.63, 3.8) is 0 Å². The zero-order valence-electron chi connectivity index (χ0n) is 20.9. The van der Waals surface area contributed by atoms with Crippen molar-refractivity contribution in [1.82, 2.24) is 15.1 Å². The van der Waals surface area contributed by atoms with Gasteiger partial charge in [-0.15, -0.1) is 0 Å². The van der Waals surface area contributed by atoms with Crippen molar-refractivity contribution in [3.05, 3.63) is 113 Å². The van der Waals surface area contributed by atoms with E-state index < -0.39 is 0 Å². The Morgan fingerprint density at radius 1 is 1.05 bits per heavy atom. The van der Waals surface area contributed by atoms with Crippen LogP contribution >= 0.6 is 11.3 Å². The molecular formula is C30H28FN3O2S. The van der Waals surface area contributed by atoms with E-state index in [-0.39, 0.29) is 18.0 Å². The Morgan fingerprint density at radius 3 is 2.62 bits per heavy atom. The summed E-state index contributed by atoms with van der Waals surface area (Å²) in [5.41, 5.74) is 4.92. The van der Waals surface area contributed by atoms with Crippen LogP contribution in [0, 0.1) is 5.82 Å². The van der Waals surface area contributed by atoms with Crippen molar-refractivity contribution in [2.24, 2.45) is 0 Å². The monoisotopic (exact) mass is 513 g/mol. The van der Waals surface area contributed by atoms with Gasteiger partial charge in [-0.1, -0.05) is 18.2 Å². The highest BCUT2D eigenvalue weighted by molar-refractivity contribution is 7.08. The quantitative estimate of drug-likeness (QED) is 0.223. The van der Waals surface area contributed by atoms with Crippen LogP contribution in [0.4, 0.5) is 4.39 Å². The number of hydrogen-bond donors (Lipinski definition) is 1. The lowest BCUT2D eigenvalue weighted by Gasteiger charge is -2.28. The fraction of sp³-hybridized carbons (Fsp3) is 0.167. The minimum atomic E-state index is -0.298. The molecule has 0 unspecified atom stereocenters. The van der Waals surface area contributed by atoms with E-state index in [4.69, 9.17) is 9.47 Å². The van der Waals surface area contributed by atoms with Gasteiger partial charge in [0.25, 0.3) is 0 Å². The number of hydrogen-bond acceptors (Lipinski definition) is 5. The van der Waals surface area contributed by atoms with Crippen LogP contribution < -0.4 is 14.8 Å². The average Bonchev–Trinajstić information content (AvgIpc) is 3.61. The number of thiophene rings is 1. The number of nitrogens with zero attached hydrogens (tertiary/aromatic N) is 2. The molecule has 7 heteroatoms. The highest BCUT2D eigenvalue weighted by atomic mass is 32.1. The van der Waals surface area contributed by atoms with Crippen molar-refractivity contribution in [1.29, 1.82) is 0 Å². The number of fused-ring (bicyclic) bond motifs is 1. The van der Waals surface area contributed by atoms with Crippen molar-refractivity contribution in [2.45, 2.75) is 26.0 Å². The molecule has 188 valence electrons. The Hall–Kier alpha value is -4.10. The summed E-state index contributed by atoms with van der Waals surface area (Å²) in [5, 5.41) is 13.3. The molecule has 0 bridgehead atoms. The molecule has 0 spiro atoms. The van der Waals surface area contributed by atoms with Crippen LogP contribution in [0.3, 0.4) is 0 Å². The molecular weight excluding hydrogens is 485 g/mol. The first kappa shape index (κ1) is 24.6. The van der Waals surface area contributed by atoms with E-state index in [9.17, 15) is 4.39 Å². The van der Waals surface area contributed by atoms with Gasteiger partial charge in [-0.25, -0.2) is 9.07 Å². The van der Waals surface area contributed by atoms with Gasteiger partial charge in [0.05, 0.1) is 30.6 Å². The molecule has 5 rings (SSSR count). The minimum absolute atomic E-state index is 0.0594. The van der Waals surface area contributed by atoms with Crippen LogP contribution in [0.2, 0.25) is 0 Å².